The first-order chi connectivity index (χ1) is 13.1. The van der Waals surface area contributed by atoms with Crippen molar-refractivity contribution < 1.29 is 23.1 Å². The molecule has 1 saturated heterocycles. The SMILES string of the molecule is CC[C@H](C)c1ccc(S(=O)(=O)N2CCN(C(=O)C[C@@H](C)CC(=O)[O-])CC2)cc1. The molecule has 1 amide bonds. The van der Waals surface area contributed by atoms with Crippen LogP contribution in [0.4, 0.5) is 0 Å². The Hall–Kier alpha value is -1.93. The molecule has 0 spiro atoms. The monoisotopic (exact) mass is 409 g/mol. The molecule has 1 aromatic carbocycles. The van der Waals surface area contributed by atoms with E-state index in [0.29, 0.717) is 19.0 Å². The van der Waals surface area contributed by atoms with Crippen LogP contribution in [0.2, 0.25) is 0 Å². The zero-order chi connectivity index (χ0) is 20.9. The second-order valence-electron chi connectivity index (χ2n) is 7.55. The van der Waals surface area contributed by atoms with Crippen molar-refractivity contribution in [3.8, 4) is 0 Å². The highest BCUT2D eigenvalue weighted by atomic mass is 32.2. The van der Waals surface area contributed by atoms with Crippen LogP contribution >= 0.6 is 0 Å². The first-order valence-electron chi connectivity index (χ1n) is 9.72. The number of piperazine rings is 1. The minimum absolute atomic E-state index is 0.123. The number of carbonyl (C=O) groups is 2. The second-order valence-corrected chi connectivity index (χ2v) is 9.49. The van der Waals surface area contributed by atoms with Crippen molar-refractivity contribution in [1.29, 1.82) is 0 Å². The number of carbonyl (C=O) groups excluding carboxylic acids is 2. The van der Waals surface area contributed by atoms with Crippen molar-refractivity contribution in [1.82, 2.24) is 9.21 Å². The Labute approximate surface area is 167 Å². The molecule has 0 aromatic heterocycles. The highest BCUT2D eigenvalue weighted by Gasteiger charge is 2.30. The predicted molar refractivity (Wildman–Crippen MR) is 104 cm³/mol. The van der Waals surface area contributed by atoms with Crippen molar-refractivity contribution in [3.63, 3.8) is 0 Å². The van der Waals surface area contributed by atoms with E-state index in [1.165, 1.54) is 4.31 Å². The number of benzene rings is 1. The van der Waals surface area contributed by atoms with Crippen LogP contribution < -0.4 is 5.11 Å². The minimum Gasteiger partial charge on any atom is -0.550 e. The lowest BCUT2D eigenvalue weighted by Gasteiger charge is -2.34. The molecule has 0 unspecified atom stereocenters. The Morgan fingerprint density at radius 3 is 2.11 bits per heavy atom. The molecule has 1 fully saturated rings. The van der Waals surface area contributed by atoms with E-state index in [9.17, 15) is 23.1 Å². The number of hydrogen-bond acceptors (Lipinski definition) is 5. The maximum absolute atomic E-state index is 12.9. The van der Waals surface area contributed by atoms with Gasteiger partial charge >= 0.3 is 0 Å². The smallest absolute Gasteiger partial charge is 0.243 e. The zero-order valence-electron chi connectivity index (χ0n) is 16.8. The van der Waals surface area contributed by atoms with Gasteiger partial charge in [0.1, 0.15) is 0 Å². The summed E-state index contributed by atoms with van der Waals surface area (Å²) in [6, 6.07) is 7.02. The molecular weight excluding hydrogens is 380 g/mol. The number of nitrogens with zero attached hydrogens (tertiary/aromatic N) is 2. The van der Waals surface area contributed by atoms with E-state index in [-0.39, 0.29) is 42.7 Å². The van der Waals surface area contributed by atoms with E-state index in [1.54, 1.807) is 24.0 Å². The van der Waals surface area contributed by atoms with Gasteiger partial charge in [-0.2, -0.15) is 4.31 Å². The summed E-state index contributed by atoms with van der Waals surface area (Å²) in [7, 11) is -3.59. The third-order valence-electron chi connectivity index (χ3n) is 5.33. The summed E-state index contributed by atoms with van der Waals surface area (Å²) in [6.07, 6.45) is 0.953. The second kappa shape index (κ2) is 9.52. The summed E-state index contributed by atoms with van der Waals surface area (Å²) in [6.45, 7) is 6.97. The normalized spacial score (nSPS) is 17.9. The Morgan fingerprint density at radius 1 is 1.04 bits per heavy atom. The summed E-state index contributed by atoms with van der Waals surface area (Å²) in [4.78, 5) is 24.8. The van der Waals surface area contributed by atoms with Crippen LogP contribution in [0.15, 0.2) is 29.2 Å². The highest BCUT2D eigenvalue weighted by molar-refractivity contribution is 7.89. The Kier molecular flexibility index (Phi) is 7.60. The minimum atomic E-state index is -3.59. The molecule has 0 radical (unpaired) electrons. The van der Waals surface area contributed by atoms with Crippen LogP contribution in [0.1, 0.15) is 51.5 Å². The molecule has 1 aromatic rings. The Bertz CT molecular complexity index is 783. The van der Waals surface area contributed by atoms with Gasteiger partial charge < -0.3 is 14.8 Å². The van der Waals surface area contributed by atoms with Crippen LogP contribution in [-0.4, -0.2) is 55.7 Å². The van der Waals surface area contributed by atoms with Gasteiger partial charge in [0.05, 0.1) is 4.90 Å². The maximum atomic E-state index is 12.9. The topological polar surface area (TPSA) is 97.8 Å². The molecular formula is C20H29N2O5S-. The van der Waals surface area contributed by atoms with Crippen molar-refractivity contribution in [2.24, 2.45) is 5.92 Å². The van der Waals surface area contributed by atoms with Gasteiger partial charge in [0.2, 0.25) is 15.9 Å². The highest BCUT2D eigenvalue weighted by Crippen LogP contribution is 2.23. The van der Waals surface area contributed by atoms with E-state index < -0.39 is 16.0 Å². The number of sulfonamides is 1. The average Bonchev–Trinajstić information content (AvgIpc) is 2.66. The standard InChI is InChI=1S/C20H30N2O5S/c1-4-16(3)17-5-7-18(8-6-17)28(26,27)22-11-9-21(10-12-22)19(23)13-15(2)14-20(24)25/h5-8,15-16H,4,9-14H2,1-3H3,(H,24,25)/p-1/t15-,16+/m1/s1. The molecule has 2 atom stereocenters. The van der Waals surface area contributed by atoms with Gasteiger partial charge in [-0.15, -0.1) is 0 Å². The van der Waals surface area contributed by atoms with Gasteiger partial charge in [-0.3, -0.25) is 4.79 Å². The lowest BCUT2D eigenvalue weighted by atomic mass is 9.99. The number of hydrogen-bond donors (Lipinski definition) is 0. The summed E-state index contributed by atoms with van der Waals surface area (Å²) < 4.78 is 27.1. The van der Waals surface area contributed by atoms with E-state index in [1.807, 2.05) is 12.1 Å². The van der Waals surface area contributed by atoms with Gasteiger partial charge in [0.15, 0.2) is 0 Å². The maximum Gasteiger partial charge on any atom is 0.243 e. The molecule has 8 heteroatoms. The van der Waals surface area contributed by atoms with Crippen LogP contribution in [0.3, 0.4) is 0 Å². The predicted octanol–water partition coefficient (Wildman–Crippen LogP) is 1.20. The fourth-order valence-electron chi connectivity index (χ4n) is 3.31. The molecule has 1 aliphatic rings. The van der Waals surface area contributed by atoms with Gasteiger partial charge in [-0.05, 0) is 42.4 Å². The lowest BCUT2D eigenvalue weighted by Crippen LogP contribution is -2.50. The number of carboxylic acids is 1. The third-order valence-corrected chi connectivity index (χ3v) is 7.24. The summed E-state index contributed by atoms with van der Waals surface area (Å²) >= 11 is 0. The quantitative estimate of drug-likeness (QED) is 0.643. The Morgan fingerprint density at radius 2 is 1.61 bits per heavy atom. The van der Waals surface area contributed by atoms with Gasteiger partial charge in [-0.25, -0.2) is 8.42 Å². The van der Waals surface area contributed by atoms with Gasteiger partial charge in [-0.1, -0.05) is 32.9 Å². The largest absolute Gasteiger partial charge is 0.550 e. The molecule has 0 bridgehead atoms. The van der Waals surface area contributed by atoms with E-state index in [4.69, 9.17) is 0 Å². The van der Waals surface area contributed by atoms with Crippen LogP contribution in [0.5, 0.6) is 0 Å². The number of aliphatic carboxylic acids is 1. The van der Waals surface area contributed by atoms with Crippen molar-refractivity contribution in [2.75, 3.05) is 26.2 Å². The van der Waals surface area contributed by atoms with Crippen molar-refractivity contribution in [3.05, 3.63) is 29.8 Å². The number of rotatable bonds is 8. The zero-order valence-corrected chi connectivity index (χ0v) is 17.6. The molecule has 2 rings (SSSR count). The molecule has 0 saturated carbocycles. The molecule has 1 aliphatic heterocycles. The first kappa shape index (κ1) is 22.4. The fourth-order valence-corrected chi connectivity index (χ4v) is 4.74. The van der Waals surface area contributed by atoms with E-state index in [0.717, 1.165) is 12.0 Å². The fraction of sp³-hybridized carbons (Fsp3) is 0.600. The van der Waals surface area contributed by atoms with Crippen LogP contribution in [0.25, 0.3) is 0 Å². The first-order valence-corrected chi connectivity index (χ1v) is 11.2. The molecule has 28 heavy (non-hydrogen) atoms. The summed E-state index contributed by atoms with van der Waals surface area (Å²) in [5.41, 5.74) is 1.11. The third kappa shape index (κ3) is 5.54. The number of amides is 1. The molecule has 156 valence electrons. The average molecular weight is 410 g/mol. The molecule has 0 N–H and O–H groups in total. The lowest BCUT2D eigenvalue weighted by molar-refractivity contribution is -0.306. The van der Waals surface area contributed by atoms with Crippen LogP contribution in [0, 0.1) is 5.92 Å². The molecule has 1 heterocycles. The molecule has 7 nitrogen and oxygen atoms in total. The van der Waals surface area contributed by atoms with Crippen LogP contribution in [-0.2, 0) is 19.6 Å². The van der Waals surface area contributed by atoms with E-state index in [2.05, 4.69) is 13.8 Å². The summed E-state index contributed by atoms with van der Waals surface area (Å²) in [5.74, 6) is -1.24. The van der Waals surface area contributed by atoms with Crippen molar-refractivity contribution in [2.45, 2.75) is 50.8 Å². The van der Waals surface area contributed by atoms with Gasteiger partial charge in [0, 0.05) is 38.6 Å². The number of carboxylic acid groups (broad SMARTS) is 1. The van der Waals surface area contributed by atoms with E-state index >= 15 is 0 Å². The van der Waals surface area contributed by atoms with Gasteiger partial charge in [0.25, 0.3) is 0 Å². The Balaban J connectivity index is 1.96. The van der Waals surface area contributed by atoms with Crippen molar-refractivity contribution >= 4 is 21.9 Å². The molecule has 0 aliphatic carbocycles. The summed E-state index contributed by atoms with van der Waals surface area (Å²) in [5, 5.41) is 10.6.